The van der Waals surface area contributed by atoms with Crippen LogP contribution in [0.15, 0.2) is 94.0 Å². The molecule has 3 aromatic rings. The average molecular weight is 489 g/mol. The van der Waals surface area contributed by atoms with Crippen molar-refractivity contribution in [1.82, 2.24) is 10.4 Å². The number of carbonyl (C=O) groups is 2. The molecule has 0 fully saturated rings. The van der Waals surface area contributed by atoms with Gasteiger partial charge in [0.15, 0.2) is 5.84 Å². The monoisotopic (exact) mass is 488 g/mol. The van der Waals surface area contributed by atoms with Crippen molar-refractivity contribution < 1.29 is 9.59 Å². The lowest BCUT2D eigenvalue weighted by Crippen LogP contribution is -2.47. The highest BCUT2D eigenvalue weighted by atomic mass is 79.9. The van der Waals surface area contributed by atoms with Crippen LogP contribution in [-0.2, 0) is 4.79 Å². The van der Waals surface area contributed by atoms with Crippen LogP contribution in [-0.4, -0.2) is 36.8 Å². The summed E-state index contributed by atoms with van der Waals surface area (Å²) >= 11 is 3.38. The zero-order valence-electron chi connectivity index (χ0n) is 17.6. The first kappa shape index (κ1) is 21.5. The molecule has 2 amide bonds. The van der Waals surface area contributed by atoms with Gasteiger partial charge in [0.25, 0.3) is 11.8 Å². The lowest BCUT2D eigenvalue weighted by atomic mass is 10.1. The summed E-state index contributed by atoms with van der Waals surface area (Å²) in [6.45, 7) is 0. The first-order valence-corrected chi connectivity index (χ1v) is 10.8. The molecule has 1 aliphatic rings. The fourth-order valence-electron chi connectivity index (χ4n) is 3.23. The number of amidine groups is 1. The summed E-state index contributed by atoms with van der Waals surface area (Å²) in [6.07, 6.45) is 1.72. The van der Waals surface area contributed by atoms with E-state index >= 15 is 0 Å². The maximum absolute atomic E-state index is 13.2. The smallest absolute Gasteiger partial charge is 0.297 e. The molecule has 0 saturated carbocycles. The van der Waals surface area contributed by atoms with Gasteiger partial charge in [-0.1, -0.05) is 54.6 Å². The van der Waals surface area contributed by atoms with Gasteiger partial charge in [-0.05, 0) is 51.8 Å². The topological polar surface area (TPSA) is 65.0 Å². The standard InChI is InChI=1S/C25H21BrN4O2/c1-29(2)19-14-12-17(13-15-19)16-22-25(32)30(23(27-22)18-8-4-3-5-9-18)28-24(31)20-10-6-7-11-21(20)26/h3-16H,1-2H3,(H,28,31)/b22-16-. The van der Waals surface area contributed by atoms with Crippen molar-refractivity contribution >= 4 is 45.3 Å². The predicted molar refractivity (Wildman–Crippen MR) is 130 cm³/mol. The van der Waals surface area contributed by atoms with E-state index in [9.17, 15) is 9.59 Å². The van der Waals surface area contributed by atoms with Crippen molar-refractivity contribution in [3.05, 3.63) is 106 Å². The molecule has 0 saturated heterocycles. The molecule has 3 aromatic carbocycles. The number of hydrogen-bond donors (Lipinski definition) is 1. The van der Waals surface area contributed by atoms with Gasteiger partial charge >= 0.3 is 0 Å². The summed E-state index contributed by atoms with van der Waals surface area (Å²) in [7, 11) is 3.94. The molecule has 0 radical (unpaired) electrons. The summed E-state index contributed by atoms with van der Waals surface area (Å²) in [4.78, 5) is 32.7. The van der Waals surface area contributed by atoms with Crippen molar-refractivity contribution in [1.29, 1.82) is 0 Å². The Kier molecular flexibility index (Phi) is 6.18. The highest BCUT2D eigenvalue weighted by molar-refractivity contribution is 9.10. The number of hydrogen-bond acceptors (Lipinski definition) is 4. The molecule has 1 aliphatic heterocycles. The molecule has 6 nitrogen and oxygen atoms in total. The highest BCUT2D eigenvalue weighted by Gasteiger charge is 2.33. The van der Waals surface area contributed by atoms with E-state index in [4.69, 9.17) is 0 Å². The Morgan fingerprint density at radius 3 is 2.28 bits per heavy atom. The molecule has 0 aliphatic carbocycles. The van der Waals surface area contributed by atoms with Crippen LogP contribution in [0.2, 0.25) is 0 Å². The lowest BCUT2D eigenvalue weighted by molar-refractivity contribution is -0.124. The second-order valence-corrected chi connectivity index (χ2v) is 8.23. The second-order valence-electron chi connectivity index (χ2n) is 7.38. The van der Waals surface area contributed by atoms with E-state index < -0.39 is 11.8 Å². The minimum absolute atomic E-state index is 0.244. The molecule has 0 unspecified atom stereocenters. The number of nitrogens with zero attached hydrogens (tertiary/aromatic N) is 3. The Labute approximate surface area is 195 Å². The van der Waals surface area contributed by atoms with E-state index in [0.717, 1.165) is 16.8 Å². The predicted octanol–water partition coefficient (Wildman–Crippen LogP) is 4.49. The Morgan fingerprint density at radius 2 is 1.62 bits per heavy atom. The summed E-state index contributed by atoms with van der Waals surface area (Å²) < 4.78 is 0.638. The third kappa shape index (κ3) is 4.48. The van der Waals surface area contributed by atoms with Crippen molar-refractivity contribution in [3.8, 4) is 0 Å². The Balaban J connectivity index is 1.68. The van der Waals surface area contributed by atoms with E-state index in [2.05, 4.69) is 26.3 Å². The molecule has 160 valence electrons. The van der Waals surface area contributed by atoms with Crippen LogP contribution in [0.3, 0.4) is 0 Å². The number of aliphatic imine (C=N–C) groups is 1. The maximum atomic E-state index is 13.2. The zero-order valence-corrected chi connectivity index (χ0v) is 19.2. The van der Waals surface area contributed by atoms with E-state index in [1.54, 1.807) is 24.3 Å². The van der Waals surface area contributed by atoms with Gasteiger partial charge < -0.3 is 4.90 Å². The molecule has 1 N–H and O–H groups in total. The number of carbonyl (C=O) groups excluding carboxylic acids is 2. The van der Waals surface area contributed by atoms with Gasteiger partial charge in [0.1, 0.15) is 5.70 Å². The number of anilines is 1. The SMILES string of the molecule is CN(C)c1ccc(/C=C2\N=C(c3ccccc3)N(NC(=O)c3ccccc3Br)C2=O)cc1. The third-order valence-electron chi connectivity index (χ3n) is 4.94. The number of hydrazine groups is 1. The molecular formula is C25H21BrN4O2. The summed E-state index contributed by atoms with van der Waals surface area (Å²) in [5, 5.41) is 1.21. The Hall–Kier alpha value is -3.71. The maximum Gasteiger partial charge on any atom is 0.297 e. The minimum atomic E-state index is -0.411. The van der Waals surface area contributed by atoms with Gasteiger partial charge in [0.2, 0.25) is 0 Å². The summed E-state index contributed by atoms with van der Waals surface area (Å²) in [5.41, 5.74) is 6.00. The first-order chi connectivity index (χ1) is 15.4. The molecule has 0 aromatic heterocycles. The van der Waals surface area contributed by atoms with Crippen molar-refractivity contribution in [3.63, 3.8) is 0 Å². The quantitative estimate of drug-likeness (QED) is 0.538. The highest BCUT2D eigenvalue weighted by Crippen LogP contribution is 2.23. The van der Waals surface area contributed by atoms with Crippen molar-refractivity contribution in [2.75, 3.05) is 19.0 Å². The fraction of sp³-hybridized carbons (Fsp3) is 0.0800. The van der Waals surface area contributed by atoms with Crippen LogP contribution in [0.5, 0.6) is 0 Å². The van der Waals surface area contributed by atoms with Crippen LogP contribution in [0.25, 0.3) is 6.08 Å². The molecule has 0 atom stereocenters. The van der Waals surface area contributed by atoms with Gasteiger partial charge in [-0.25, -0.2) is 4.99 Å². The van der Waals surface area contributed by atoms with Crippen LogP contribution < -0.4 is 10.3 Å². The molecule has 4 rings (SSSR count). The fourth-order valence-corrected chi connectivity index (χ4v) is 3.70. The number of nitrogens with one attached hydrogen (secondary N) is 1. The van der Waals surface area contributed by atoms with E-state index in [1.165, 1.54) is 5.01 Å². The van der Waals surface area contributed by atoms with Gasteiger partial charge in [0, 0.05) is 29.8 Å². The summed E-state index contributed by atoms with van der Waals surface area (Å²) in [6, 6.07) is 24.1. The largest absolute Gasteiger partial charge is 0.378 e. The van der Waals surface area contributed by atoms with Gasteiger partial charge in [-0.2, -0.15) is 5.01 Å². The molecule has 0 spiro atoms. The minimum Gasteiger partial charge on any atom is -0.378 e. The number of halogens is 1. The summed E-state index contributed by atoms with van der Waals surface area (Å²) in [5.74, 6) is -0.445. The molecule has 0 bridgehead atoms. The zero-order chi connectivity index (χ0) is 22.7. The van der Waals surface area contributed by atoms with Crippen molar-refractivity contribution in [2.45, 2.75) is 0 Å². The normalized spacial score (nSPS) is 14.5. The number of benzene rings is 3. The Morgan fingerprint density at radius 1 is 0.969 bits per heavy atom. The molecule has 7 heteroatoms. The first-order valence-electron chi connectivity index (χ1n) is 9.97. The third-order valence-corrected chi connectivity index (χ3v) is 5.63. The molecule has 32 heavy (non-hydrogen) atoms. The van der Waals surface area contributed by atoms with E-state index in [-0.39, 0.29) is 5.70 Å². The Bertz CT molecular complexity index is 1220. The molecule has 1 heterocycles. The van der Waals surface area contributed by atoms with Crippen LogP contribution in [0.4, 0.5) is 5.69 Å². The van der Waals surface area contributed by atoms with E-state index in [1.807, 2.05) is 79.7 Å². The van der Waals surface area contributed by atoms with Crippen LogP contribution in [0, 0.1) is 0 Å². The van der Waals surface area contributed by atoms with Crippen LogP contribution in [0.1, 0.15) is 21.5 Å². The molecular weight excluding hydrogens is 468 g/mol. The second kappa shape index (κ2) is 9.20. The van der Waals surface area contributed by atoms with E-state index in [0.29, 0.717) is 15.9 Å². The van der Waals surface area contributed by atoms with Gasteiger partial charge in [0.05, 0.1) is 5.56 Å². The number of rotatable bonds is 5. The van der Waals surface area contributed by atoms with Gasteiger partial charge in [-0.15, -0.1) is 0 Å². The van der Waals surface area contributed by atoms with Crippen LogP contribution >= 0.6 is 15.9 Å². The average Bonchev–Trinajstić information content (AvgIpc) is 3.10. The lowest BCUT2D eigenvalue weighted by Gasteiger charge is -2.19. The van der Waals surface area contributed by atoms with Crippen molar-refractivity contribution in [2.24, 2.45) is 4.99 Å². The number of amides is 2. The van der Waals surface area contributed by atoms with Gasteiger partial charge in [-0.3, -0.25) is 15.0 Å².